The molecule has 0 spiro atoms. The monoisotopic (exact) mass is 314 g/mol. The van der Waals surface area contributed by atoms with Crippen LogP contribution in [0, 0.1) is 17.2 Å². The third kappa shape index (κ3) is 2.85. The zero-order valence-corrected chi connectivity index (χ0v) is 12.5. The van der Waals surface area contributed by atoms with Gasteiger partial charge in [-0.3, -0.25) is 4.79 Å². The Balaban J connectivity index is 2.09. The molecule has 2 rings (SSSR count). The van der Waals surface area contributed by atoms with Gasteiger partial charge in [-0.15, -0.1) is 11.3 Å². The Labute approximate surface area is 121 Å². The summed E-state index contributed by atoms with van der Waals surface area (Å²) in [6.45, 7) is 0.587. The zero-order chi connectivity index (χ0) is 14.8. The maximum Gasteiger partial charge on any atom is 0.308 e. The predicted octanol–water partition coefficient (Wildman–Crippen LogP) is 1.19. The number of hydrogen-bond donors (Lipinski definition) is 0. The molecule has 0 radical (unpaired) electrons. The quantitative estimate of drug-likeness (QED) is 0.782. The van der Waals surface area contributed by atoms with Crippen molar-refractivity contribution in [3.63, 3.8) is 0 Å². The van der Waals surface area contributed by atoms with E-state index in [1.807, 2.05) is 6.07 Å². The highest BCUT2D eigenvalue weighted by atomic mass is 32.2. The number of carbonyl (C=O) groups excluding carboxylic acids is 1. The molecule has 1 aromatic rings. The maximum atomic E-state index is 12.4. The van der Waals surface area contributed by atoms with E-state index in [1.165, 1.54) is 23.5 Å². The second-order valence-electron chi connectivity index (χ2n) is 4.43. The number of nitrogens with zero attached hydrogens (tertiary/aromatic N) is 2. The molecule has 0 amide bonds. The second-order valence-corrected chi connectivity index (χ2v) is 7.68. The molecule has 0 aliphatic carbocycles. The molecule has 0 saturated carbocycles. The Kier molecular flexibility index (Phi) is 4.42. The minimum Gasteiger partial charge on any atom is -0.469 e. The topological polar surface area (TPSA) is 87.5 Å². The van der Waals surface area contributed by atoms with Gasteiger partial charge in [-0.05, 0) is 25.0 Å². The summed E-state index contributed by atoms with van der Waals surface area (Å²) < 4.78 is 31.0. The number of piperidine rings is 1. The normalized spacial score (nSPS) is 17.6. The molecule has 1 fully saturated rings. The fourth-order valence-electron chi connectivity index (χ4n) is 2.14. The summed E-state index contributed by atoms with van der Waals surface area (Å²) in [5.41, 5.74) is 0. The number of thiophene rings is 1. The molecule has 1 saturated heterocycles. The number of methoxy groups -OCH3 is 1. The van der Waals surface area contributed by atoms with E-state index in [2.05, 4.69) is 4.74 Å². The molecule has 6 nitrogen and oxygen atoms in total. The zero-order valence-electron chi connectivity index (χ0n) is 10.9. The van der Waals surface area contributed by atoms with E-state index in [4.69, 9.17) is 5.26 Å². The van der Waals surface area contributed by atoms with E-state index >= 15 is 0 Å². The van der Waals surface area contributed by atoms with Crippen molar-refractivity contribution < 1.29 is 17.9 Å². The van der Waals surface area contributed by atoms with E-state index in [0.29, 0.717) is 30.8 Å². The minimum absolute atomic E-state index is 0.172. The molecule has 1 aliphatic heterocycles. The van der Waals surface area contributed by atoms with Crippen molar-refractivity contribution in [2.75, 3.05) is 20.2 Å². The summed E-state index contributed by atoms with van der Waals surface area (Å²) >= 11 is 0.963. The van der Waals surface area contributed by atoms with Crippen molar-refractivity contribution >= 4 is 27.3 Å². The van der Waals surface area contributed by atoms with Gasteiger partial charge in [0.1, 0.15) is 15.2 Å². The van der Waals surface area contributed by atoms with Crippen molar-refractivity contribution in [3.05, 3.63) is 17.0 Å². The number of sulfonamides is 1. The van der Waals surface area contributed by atoms with Gasteiger partial charge in [0.15, 0.2) is 0 Å². The number of hydrogen-bond acceptors (Lipinski definition) is 6. The lowest BCUT2D eigenvalue weighted by atomic mass is 9.99. The summed E-state index contributed by atoms with van der Waals surface area (Å²) in [7, 11) is -2.22. The van der Waals surface area contributed by atoms with Crippen LogP contribution in [-0.4, -0.2) is 38.9 Å². The lowest BCUT2D eigenvalue weighted by Crippen LogP contribution is -2.40. The first-order chi connectivity index (χ1) is 9.48. The lowest BCUT2D eigenvalue weighted by molar-refractivity contribution is -0.146. The van der Waals surface area contributed by atoms with Crippen molar-refractivity contribution in [2.24, 2.45) is 5.92 Å². The Morgan fingerprint density at radius 3 is 2.60 bits per heavy atom. The van der Waals surface area contributed by atoms with Crippen LogP contribution in [0.15, 0.2) is 16.3 Å². The smallest absolute Gasteiger partial charge is 0.308 e. The molecule has 0 atom stereocenters. The van der Waals surface area contributed by atoms with Crippen LogP contribution in [0.5, 0.6) is 0 Å². The van der Waals surface area contributed by atoms with Gasteiger partial charge in [-0.1, -0.05) is 0 Å². The fourth-order valence-corrected chi connectivity index (χ4v) is 4.87. The molecule has 20 heavy (non-hydrogen) atoms. The minimum atomic E-state index is -3.56. The van der Waals surface area contributed by atoms with Crippen LogP contribution in [0.1, 0.15) is 17.7 Å². The van der Waals surface area contributed by atoms with Crippen molar-refractivity contribution in [3.8, 4) is 6.07 Å². The molecule has 0 bridgehead atoms. The maximum absolute atomic E-state index is 12.4. The summed E-state index contributed by atoms with van der Waals surface area (Å²) in [6, 6.07) is 4.87. The van der Waals surface area contributed by atoms with Gasteiger partial charge >= 0.3 is 5.97 Å². The summed E-state index contributed by atoms with van der Waals surface area (Å²) in [6.07, 6.45) is 0.921. The largest absolute Gasteiger partial charge is 0.469 e. The van der Waals surface area contributed by atoms with Crippen LogP contribution >= 0.6 is 11.3 Å². The molecule has 108 valence electrons. The molecule has 8 heteroatoms. The Morgan fingerprint density at radius 2 is 2.10 bits per heavy atom. The van der Waals surface area contributed by atoms with Gasteiger partial charge in [0.05, 0.1) is 13.0 Å². The van der Waals surface area contributed by atoms with Crippen LogP contribution in [0.2, 0.25) is 0 Å². The van der Waals surface area contributed by atoms with E-state index < -0.39 is 10.0 Å². The van der Waals surface area contributed by atoms with Gasteiger partial charge in [-0.25, -0.2) is 8.42 Å². The molecule has 0 N–H and O–H groups in total. The number of carbonyl (C=O) groups is 1. The van der Waals surface area contributed by atoms with Crippen LogP contribution in [0.25, 0.3) is 0 Å². The van der Waals surface area contributed by atoms with E-state index in [9.17, 15) is 13.2 Å². The second kappa shape index (κ2) is 5.91. The van der Waals surface area contributed by atoms with Crippen molar-refractivity contribution in [1.29, 1.82) is 5.26 Å². The first-order valence-corrected chi connectivity index (χ1v) is 8.32. The molecule has 0 unspecified atom stereocenters. The number of esters is 1. The van der Waals surface area contributed by atoms with Gasteiger partial charge in [0.25, 0.3) is 10.0 Å². The van der Waals surface area contributed by atoms with Gasteiger partial charge in [0.2, 0.25) is 0 Å². The van der Waals surface area contributed by atoms with Crippen LogP contribution in [0.4, 0.5) is 0 Å². The molecule has 1 aliphatic rings. The molecular formula is C12H14N2O4S2. The molecule has 0 aromatic carbocycles. The lowest BCUT2D eigenvalue weighted by Gasteiger charge is -2.29. The highest BCUT2D eigenvalue weighted by Crippen LogP contribution is 2.28. The van der Waals surface area contributed by atoms with E-state index in [0.717, 1.165) is 11.3 Å². The SMILES string of the molecule is COC(=O)C1CCN(S(=O)(=O)c2ccc(C#N)s2)CC1. The van der Waals surface area contributed by atoms with Crippen molar-refractivity contribution in [2.45, 2.75) is 17.1 Å². The summed E-state index contributed by atoms with van der Waals surface area (Å²) in [4.78, 5) is 11.8. The number of nitriles is 1. The molecule has 2 heterocycles. The van der Waals surface area contributed by atoms with Gasteiger partial charge in [-0.2, -0.15) is 9.57 Å². The Bertz CT molecular complexity index is 637. The number of ether oxygens (including phenoxy) is 1. The Hall–Kier alpha value is -1.43. The van der Waals surface area contributed by atoms with Crippen LogP contribution in [0.3, 0.4) is 0 Å². The molecule has 1 aromatic heterocycles. The average molecular weight is 314 g/mol. The van der Waals surface area contributed by atoms with E-state index in [1.54, 1.807) is 0 Å². The fraction of sp³-hybridized carbons (Fsp3) is 0.500. The standard InChI is InChI=1S/C12H14N2O4S2/c1-18-12(15)9-4-6-14(7-5-9)20(16,17)11-3-2-10(8-13)19-11/h2-3,9H,4-7H2,1H3. The van der Waals surface area contributed by atoms with Gasteiger partial charge < -0.3 is 4.74 Å². The third-order valence-corrected chi connectivity index (χ3v) is 6.63. The predicted molar refractivity (Wildman–Crippen MR) is 72.5 cm³/mol. The molecular weight excluding hydrogens is 300 g/mol. The van der Waals surface area contributed by atoms with Crippen LogP contribution in [-0.2, 0) is 19.6 Å². The van der Waals surface area contributed by atoms with Crippen LogP contribution < -0.4 is 0 Å². The summed E-state index contributed by atoms with van der Waals surface area (Å²) in [5.74, 6) is -0.519. The first-order valence-electron chi connectivity index (χ1n) is 6.07. The number of rotatable bonds is 3. The average Bonchev–Trinajstić information content (AvgIpc) is 2.96. The Morgan fingerprint density at radius 1 is 1.45 bits per heavy atom. The first kappa shape index (κ1) is 15.0. The highest BCUT2D eigenvalue weighted by molar-refractivity contribution is 7.91. The highest BCUT2D eigenvalue weighted by Gasteiger charge is 2.33. The third-order valence-electron chi connectivity index (χ3n) is 3.27. The van der Waals surface area contributed by atoms with Crippen molar-refractivity contribution in [1.82, 2.24) is 4.31 Å². The van der Waals surface area contributed by atoms with E-state index in [-0.39, 0.29) is 16.1 Å². The van der Waals surface area contributed by atoms with Gasteiger partial charge in [0, 0.05) is 13.1 Å². The summed E-state index contributed by atoms with van der Waals surface area (Å²) in [5, 5.41) is 8.75.